The van der Waals surface area contributed by atoms with Gasteiger partial charge in [0.2, 0.25) is 0 Å². The highest BCUT2D eigenvalue weighted by Gasteiger charge is 2.08. The van der Waals surface area contributed by atoms with Crippen molar-refractivity contribution in [3.63, 3.8) is 0 Å². The fraction of sp³-hybridized carbons (Fsp3) is 0.538. The van der Waals surface area contributed by atoms with Crippen LogP contribution in [0.4, 0.5) is 0 Å². The first-order valence-corrected chi connectivity index (χ1v) is 6.87. The van der Waals surface area contributed by atoms with Crippen molar-refractivity contribution in [3.8, 4) is 5.75 Å². The van der Waals surface area contributed by atoms with Gasteiger partial charge in [0.15, 0.2) is 5.75 Å². The molecule has 1 rings (SSSR count). The van der Waals surface area contributed by atoms with Gasteiger partial charge in [-0.1, -0.05) is 23.2 Å². The molecule has 0 aliphatic heterocycles. The Balaban J connectivity index is 2.52. The maximum atomic E-state index is 8.66. The Morgan fingerprint density at radius 3 is 2.44 bits per heavy atom. The Labute approximate surface area is 118 Å². The van der Waals surface area contributed by atoms with Crippen LogP contribution in [0.5, 0.6) is 5.75 Å². The maximum absolute atomic E-state index is 8.66. The number of aliphatic hydroxyl groups is 1. The zero-order chi connectivity index (χ0) is 13.4. The highest BCUT2D eigenvalue weighted by atomic mass is 35.5. The summed E-state index contributed by atoms with van der Waals surface area (Å²) >= 11 is 12.2. The number of hydrogen-bond acceptors (Lipinski definition) is 3. The van der Waals surface area contributed by atoms with Crippen LogP contribution in [0.1, 0.15) is 25.3 Å². The van der Waals surface area contributed by atoms with Crippen molar-refractivity contribution in [1.82, 2.24) is 5.32 Å². The molecule has 2 N–H and O–H groups in total. The summed E-state index contributed by atoms with van der Waals surface area (Å²) in [5.41, 5.74) is 1.03. The molecule has 0 bridgehead atoms. The molecule has 0 aliphatic carbocycles. The van der Waals surface area contributed by atoms with E-state index in [-0.39, 0.29) is 6.61 Å². The molecule has 0 fully saturated rings. The third-order valence-electron chi connectivity index (χ3n) is 2.44. The first kappa shape index (κ1) is 15.6. The third-order valence-corrected chi connectivity index (χ3v) is 3.00. The van der Waals surface area contributed by atoms with Gasteiger partial charge >= 0.3 is 0 Å². The third kappa shape index (κ3) is 5.02. The highest BCUT2D eigenvalue weighted by Crippen LogP contribution is 2.34. The Bertz CT molecular complexity index is 349. The fourth-order valence-corrected chi connectivity index (χ4v) is 2.23. The number of unbranched alkanes of at least 4 members (excludes halogenated alkanes) is 1. The molecule has 0 heterocycles. The molecule has 18 heavy (non-hydrogen) atoms. The smallest absolute Gasteiger partial charge is 0.156 e. The predicted molar refractivity (Wildman–Crippen MR) is 75.7 cm³/mol. The van der Waals surface area contributed by atoms with E-state index in [4.69, 9.17) is 33.0 Å². The molecular weight excluding hydrogens is 273 g/mol. The second-order valence-corrected chi connectivity index (χ2v) is 4.74. The molecule has 1 aromatic carbocycles. The lowest BCUT2D eigenvalue weighted by atomic mass is 10.2. The summed E-state index contributed by atoms with van der Waals surface area (Å²) in [5, 5.41) is 13.0. The number of ether oxygens (including phenoxy) is 1. The summed E-state index contributed by atoms with van der Waals surface area (Å²) in [6.45, 7) is 4.24. The van der Waals surface area contributed by atoms with Gasteiger partial charge in [0.05, 0.1) is 16.7 Å². The van der Waals surface area contributed by atoms with E-state index in [9.17, 15) is 0 Å². The van der Waals surface area contributed by atoms with Crippen molar-refractivity contribution in [3.05, 3.63) is 27.7 Å². The first-order chi connectivity index (χ1) is 8.69. The van der Waals surface area contributed by atoms with Gasteiger partial charge in [0.1, 0.15) is 0 Å². The van der Waals surface area contributed by atoms with Crippen LogP contribution in [-0.4, -0.2) is 24.9 Å². The van der Waals surface area contributed by atoms with Crippen LogP contribution in [0, 0.1) is 0 Å². The Morgan fingerprint density at radius 2 is 1.89 bits per heavy atom. The zero-order valence-corrected chi connectivity index (χ0v) is 12.0. The van der Waals surface area contributed by atoms with Crippen LogP contribution >= 0.6 is 23.2 Å². The Hall–Kier alpha value is -0.480. The summed E-state index contributed by atoms with van der Waals surface area (Å²) < 4.78 is 5.37. The second kappa shape index (κ2) is 8.59. The summed E-state index contributed by atoms with van der Waals surface area (Å²) in [7, 11) is 0. The second-order valence-electron chi connectivity index (χ2n) is 3.93. The highest BCUT2D eigenvalue weighted by molar-refractivity contribution is 6.37. The van der Waals surface area contributed by atoms with Crippen LogP contribution in [0.3, 0.4) is 0 Å². The molecule has 0 amide bonds. The summed E-state index contributed by atoms with van der Waals surface area (Å²) in [6.07, 6.45) is 1.77. The Kier molecular flexibility index (Phi) is 7.44. The molecular formula is C13H19Cl2NO2. The molecule has 5 heteroatoms. The molecule has 0 atom stereocenters. The molecule has 1 aromatic rings. The molecule has 0 aromatic heterocycles. The first-order valence-electron chi connectivity index (χ1n) is 6.11. The van der Waals surface area contributed by atoms with Gasteiger partial charge in [-0.15, -0.1) is 0 Å². The van der Waals surface area contributed by atoms with E-state index in [2.05, 4.69) is 5.32 Å². The van der Waals surface area contributed by atoms with Gasteiger partial charge in [0.25, 0.3) is 0 Å². The van der Waals surface area contributed by atoms with Gasteiger partial charge in [-0.3, -0.25) is 0 Å². The number of benzene rings is 1. The lowest BCUT2D eigenvalue weighted by Crippen LogP contribution is -2.15. The Morgan fingerprint density at radius 1 is 1.22 bits per heavy atom. The van der Waals surface area contributed by atoms with E-state index in [1.807, 2.05) is 19.1 Å². The van der Waals surface area contributed by atoms with E-state index in [0.717, 1.165) is 24.9 Å². The molecule has 0 radical (unpaired) electrons. The van der Waals surface area contributed by atoms with E-state index in [0.29, 0.717) is 28.9 Å². The monoisotopic (exact) mass is 291 g/mol. The quantitative estimate of drug-likeness (QED) is 0.723. The molecule has 0 saturated heterocycles. The number of halogens is 2. The standard InChI is InChI=1S/C13H19Cl2NO2/c1-2-18-13-11(14)7-10(8-12(13)15)9-16-5-3-4-6-17/h7-8,16-17H,2-6,9H2,1H3. The van der Waals surface area contributed by atoms with Gasteiger partial charge < -0.3 is 15.2 Å². The minimum Gasteiger partial charge on any atom is -0.491 e. The molecule has 0 aliphatic rings. The van der Waals surface area contributed by atoms with E-state index < -0.39 is 0 Å². The van der Waals surface area contributed by atoms with Crippen molar-refractivity contribution in [2.75, 3.05) is 19.8 Å². The summed E-state index contributed by atoms with van der Waals surface area (Å²) in [5.74, 6) is 0.546. The zero-order valence-electron chi connectivity index (χ0n) is 10.5. The summed E-state index contributed by atoms with van der Waals surface area (Å²) in [4.78, 5) is 0. The number of aliphatic hydroxyl groups excluding tert-OH is 1. The normalized spacial score (nSPS) is 10.7. The van der Waals surface area contributed by atoms with Crippen LogP contribution < -0.4 is 10.1 Å². The minimum atomic E-state index is 0.238. The van der Waals surface area contributed by atoms with Crippen LogP contribution in [0.25, 0.3) is 0 Å². The van der Waals surface area contributed by atoms with Crippen LogP contribution in [-0.2, 0) is 6.54 Å². The van der Waals surface area contributed by atoms with Crippen LogP contribution in [0.2, 0.25) is 10.0 Å². The number of hydrogen-bond donors (Lipinski definition) is 2. The topological polar surface area (TPSA) is 41.5 Å². The average Bonchev–Trinajstić information content (AvgIpc) is 2.33. The largest absolute Gasteiger partial charge is 0.491 e. The van der Waals surface area contributed by atoms with E-state index >= 15 is 0 Å². The van der Waals surface area contributed by atoms with E-state index in [1.54, 1.807) is 0 Å². The molecule has 0 spiro atoms. The van der Waals surface area contributed by atoms with Crippen molar-refractivity contribution in [2.24, 2.45) is 0 Å². The number of nitrogens with one attached hydrogen (secondary N) is 1. The molecule has 3 nitrogen and oxygen atoms in total. The fourth-order valence-electron chi connectivity index (χ4n) is 1.59. The maximum Gasteiger partial charge on any atom is 0.156 e. The van der Waals surface area contributed by atoms with Gasteiger partial charge in [-0.05, 0) is 44.0 Å². The molecule has 0 unspecified atom stereocenters. The van der Waals surface area contributed by atoms with Crippen molar-refractivity contribution in [2.45, 2.75) is 26.3 Å². The van der Waals surface area contributed by atoms with Gasteiger partial charge in [0, 0.05) is 13.2 Å². The van der Waals surface area contributed by atoms with Gasteiger partial charge in [-0.25, -0.2) is 0 Å². The predicted octanol–water partition coefficient (Wildman–Crippen LogP) is 3.25. The lowest BCUT2D eigenvalue weighted by molar-refractivity contribution is 0.283. The van der Waals surface area contributed by atoms with Gasteiger partial charge in [-0.2, -0.15) is 0 Å². The number of rotatable bonds is 8. The van der Waals surface area contributed by atoms with Crippen molar-refractivity contribution in [1.29, 1.82) is 0 Å². The van der Waals surface area contributed by atoms with E-state index in [1.165, 1.54) is 0 Å². The van der Waals surface area contributed by atoms with Crippen molar-refractivity contribution < 1.29 is 9.84 Å². The minimum absolute atomic E-state index is 0.238. The lowest BCUT2D eigenvalue weighted by Gasteiger charge is -2.11. The molecule has 0 saturated carbocycles. The average molecular weight is 292 g/mol. The van der Waals surface area contributed by atoms with Crippen LogP contribution in [0.15, 0.2) is 12.1 Å². The molecule has 102 valence electrons. The van der Waals surface area contributed by atoms with Crippen molar-refractivity contribution >= 4 is 23.2 Å². The summed E-state index contributed by atoms with van der Waals surface area (Å²) in [6, 6.07) is 3.72. The SMILES string of the molecule is CCOc1c(Cl)cc(CNCCCCO)cc1Cl.